The van der Waals surface area contributed by atoms with E-state index in [0.717, 1.165) is 54.6 Å². The Morgan fingerprint density at radius 1 is 0.424 bits per heavy atom. The minimum absolute atomic E-state index is 0.0743. The van der Waals surface area contributed by atoms with Gasteiger partial charge < -0.3 is 9.13 Å². The molecule has 2 heterocycles. The number of nitrogens with zero attached hydrogens (tertiary/aromatic N) is 4. The number of fused-ring (bicyclic) bond motifs is 6. The highest BCUT2D eigenvalue weighted by molar-refractivity contribution is 6.12. The summed E-state index contributed by atoms with van der Waals surface area (Å²) in [7, 11) is 0. The quantitative estimate of drug-likeness (QED) is 0.167. The van der Waals surface area contributed by atoms with Gasteiger partial charge in [-0.2, -0.15) is 63.2 Å². The lowest BCUT2D eigenvalue weighted by atomic mass is 9.92. The number of nitriles is 2. The highest BCUT2D eigenvalue weighted by Gasteiger charge is 2.37. The number of alkyl halides is 12. The van der Waals surface area contributed by atoms with Crippen LogP contribution in [-0.2, 0) is 24.7 Å². The number of halogens is 12. The van der Waals surface area contributed by atoms with E-state index in [2.05, 4.69) is 0 Å². The first-order chi connectivity index (χ1) is 27.6. The van der Waals surface area contributed by atoms with Crippen molar-refractivity contribution in [3.63, 3.8) is 0 Å². The van der Waals surface area contributed by atoms with Crippen LogP contribution in [0.2, 0.25) is 0 Å². The summed E-state index contributed by atoms with van der Waals surface area (Å²) < 4.78 is 173. The summed E-state index contributed by atoms with van der Waals surface area (Å²) in [5.41, 5.74) is -6.02. The van der Waals surface area contributed by atoms with E-state index in [1.165, 1.54) is 9.13 Å². The van der Waals surface area contributed by atoms with Crippen LogP contribution in [-0.4, -0.2) is 9.13 Å². The molecule has 0 bridgehead atoms. The molecule has 0 unspecified atom stereocenters. The standard InChI is InChI=1S/C43H20F12N4/c1-21-2-8-34-29(12-21)30-15-24(40(44,45)46)4-9-35(30)58(34)38-14-23(20-57)28(27-7-3-22(19-56)13-33(27)43(53,54)55)18-39(38)59-36-10-5-25(41(47,48)49)16-31(36)32-17-26(42(50,51)52)6-11-37(32)59/h2-18H,1H3. The van der Waals surface area contributed by atoms with Crippen molar-refractivity contribution in [1.82, 2.24) is 9.13 Å². The molecule has 0 aliphatic rings. The van der Waals surface area contributed by atoms with Gasteiger partial charge in [-0.15, -0.1) is 0 Å². The van der Waals surface area contributed by atoms with Gasteiger partial charge in [0.2, 0.25) is 0 Å². The Morgan fingerprint density at radius 2 is 0.847 bits per heavy atom. The molecule has 2 aromatic heterocycles. The maximum absolute atomic E-state index is 14.7. The van der Waals surface area contributed by atoms with Crippen LogP contribution in [0, 0.1) is 29.6 Å². The van der Waals surface area contributed by atoms with Crippen molar-refractivity contribution >= 4 is 43.6 Å². The predicted octanol–water partition coefficient (Wildman–Crippen LogP) is 13.7. The second kappa shape index (κ2) is 13.0. The Balaban J connectivity index is 1.59. The Kier molecular flexibility index (Phi) is 8.60. The van der Waals surface area contributed by atoms with Crippen molar-refractivity contribution in [3.05, 3.63) is 142 Å². The zero-order chi connectivity index (χ0) is 42.6. The average Bonchev–Trinajstić information content (AvgIpc) is 3.67. The minimum atomic E-state index is -5.09. The van der Waals surface area contributed by atoms with E-state index >= 15 is 0 Å². The van der Waals surface area contributed by atoms with E-state index in [0.29, 0.717) is 35.9 Å². The molecule has 0 fully saturated rings. The van der Waals surface area contributed by atoms with Crippen LogP contribution < -0.4 is 0 Å². The van der Waals surface area contributed by atoms with E-state index < -0.39 is 58.1 Å². The van der Waals surface area contributed by atoms with Gasteiger partial charge in [0.25, 0.3) is 0 Å². The number of rotatable bonds is 3. The normalized spacial score (nSPS) is 12.8. The average molecular weight is 821 g/mol. The fourth-order valence-corrected chi connectivity index (χ4v) is 7.54. The maximum atomic E-state index is 14.7. The van der Waals surface area contributed by atoms with Crippen LogP contribution in [0.3, 0.4) is 0 Å². The van der Waals surface area contributed by atoms with Gasteiger partial charge in [0, 0.05) is 27.1 Å². The number of benzene rings is 6. The summed E-state index contributed by atoms with van der Waals surface area (Å²) in [5.74, 6) is 0. The van der Waals surface area contributed by atoms with Crippen molar-refractivity contribution in [2.24, 2.45) is 0 Å². The molecular formula is C43H20F12N4. The zero-order valence-electron chi connectivity index (χ0n) is 29.6. The number of aryl methyl sites for hydroxylation is 1. The molecule has 4 nitrogen and oxygen atoms in total. The van der Waals surface area contributed by atoms with E-state index in [9.17, 15) is 63.2 Å². The molecule has 8 aromatic rings. The van der Waals surface area contributed by atoms with Crippen LogP contribution in [0.25, 0.3) is 66.1 Å². The lowest BCUT2D eigenvalue weighted by Crippen LogP contribution is -2.10. The zero-order valence-corrected chi connectivity index (χ0v) is 29.6. The number of hydrogen-bond donors (Lipinski definition) is 0. The fourth-order valence-electron chi connectivity index (χ4n) is 7.54. The summed E-state index contributed by atoms with van der Waals surface area (Å²) in [6.45, 7) is 1.68. The highest BCUT2D eigenvalue weighted by atomic mass is 19.4. The minimum Gasteiger partial charge on any atom is -0.307 e. The second-order valence-corrected chi connectivity index (χ2v) is 13.7. The van der Waals surface area contributed by atoms with Crippen molar-refractivity contribution in [1.29, 1.82) is 10.5 Å². The summed E-state index contributed by atoms with van der Waals surface area (Å²) in [6.07, 6.45) is -19.8. The van der Waals surface area contributed by atoms with E-state index in [1.54, 1.807) is 31.2 Å². The maximum Gasteiger partial charge on any atom is 0.417 e. The molecule has 0 saturated heterocycles. The van der Waals surface area contributed by atoms with E-state index in [1.807, 2.05) is 6.07 Å². The molecule has 0 spiro atoms. The van der Waals surface area contributed by atoms with Crippen LogP contribution in [0.15, 0.2) is 103 Å². The van der Waals surface area contributed by atoms with Gasteiger partial charge in [-0.05, 0) is 103 Å². The largest absolute Gasteiger partial charge is 0.417 e. The summed E-state index contributed by atoms with van der Waals surface area (Å²) in [4.78, 5) is 0. The van der Waals surface area contributed by atoms with Gasteiger partial charge in [0.1, 0.15) is 0 Å². The van der Waals surface area contributed by atoms with Crippen molar-refractivity contribution in [3.8, 4) is 34.6 Å². The molecule has 8 rings (SSSR count). The van der Waals surface area contributed by atoms with Crippen LogP contribution in [0.1, 0.15) is 38.9 Å². The summed E-state index contributed by atoms with van der Waals surface area (Å²) >= 11 is 0. The molecule has 0 aliphatic heterocycles. The van der Waals surface area contributed by atoms with E-state index in [-0.39, 0.29) is 66.1 Å². The molecule has 0 saturated carbocycles. The molecule has 16 heteroatoms. The molecule has 0 atom stereocenters. The summed E-state index contributed by atoms with van der Waals surface area (Å²) in [5, 5.41) is 19.7. The Bertz CT molecular complexity index is 3070. The van der Waals surface area contributed by atoms with E-state index in [4.69, 9.17) is 0 Å². The molecule has 0 N–H and O–H groups in total. The SMILES string of the molecule is Cc1ccc2c(c1)c1cc(C(F)(F)F)ccc1n2-c1cc(C#N)c(-c2ccc(C#N)cc2C(F)(F)F)cc1-n1c2ccc(C(F)(F)F)cc2c2cc(C(F)(F)F)ccc21. The molecule has 0 radical (unpaired) electrons. The third-order valence-corrected chi connectivity index (χ3v) is 10.1. The first kappa shape index (κ1) is 38.9. The smallest absolute Gasteiger partial charge is 0.307 e. The van der Waals surface area contributed by atoms with Gasteiger partial charge in [0.15, 0.2) is 0 Å². The van der Waals surface area contributed by atoms with Crippen molar-refractivity contribution in [2.45, 2.75) is 31.6 Å². The Hall–Kier alpha value is -6.94. The summed E-state index contributed by atoms with van der Waals surface area (Å²) in [6, 6.07) is 20.6. The van der Waals surface area contributed by atoms with Gasteiger partial charge >= 0.3 is 24.7 Å². The fraction of sp³-hybridized carbons (Fsp3) is 0.116. The molecule has 296 valence electrons. The first-order valence-corrected chi connectivity index (χ1v) is 17.2. The molecule has 6 aromatic carbocycles. The predicted molar refractivity (Wildman–Crippen MR) is 195 cm³/mol. The molecule has 0 amide bonds. The van der Waals surface area contributed by atoms with Gasteiger partial charge in [-0.1, -0.05) is 17.7 Å². The van der Waals surface area contributed by atoms with Crippen LogP contribution >= 0.6 is 0 Å². The molecule has 0 aliphatic carbocycles. The number of aromatic nitrogens is 2. The lowest BCUT2D eigenvalue weighted by Gasteiger charge is -2.21. The van der Waals surface area contributed by atoms with Crippen molar-refractivity contribution < 1.29 is 52.7 Å². The highest BCUT2D eigenvalue weighted by Crippen LogP contribution is 2.46. The first-order valence-electron chi connectivity index (χ1n) is 17.2. The number of hydrogen-bond acceptors (Lipinski definition) is 2. The van der Waals surface area contributed by atoms with Crippen LogP contribution in [0.4, 0.5) is 52.7 Å². The molecular weight excluding hydrogens is 800 g/mol. The topological polar surface area (TPSA) is 57.4 Å². The third kappa shape index (κ3) is 6.45. The Labute approximate surface area is 323 Å². The van der Waals surface area contributed by atoms with Gasteiger partial charge in [-0.3, -0.25) is 0 Å². The van der Waals surface area contributed by atoms with Gasteiger partial charge in [0.05, 0.1) is 79.0 Å². The monoisotopic (exact) mass is 820 g/mol. The lowest BCUT2D eigenvalue weighted by molar-refractivity contribution is -0.138. The van der Waals surface area contributed by atoms with Crippen molar-refractivity contribution in [2.75, 3.05) is 0 Å². The Morgan fingerprint density at radius 3 is 1.25 bits per heavy atom. The third-order valence-electron chi connectivity index (χ3n) is 10.1. The van der Waals surface area contributed by atoms with Crippen LogP contribution in [0.5, 0.6) is 0 Å². The molecule has 59 heavy (non-hydrogen) atoms. The second-order valence-electron chi connectivity index (χ2n) is 13.7. The van der Waals surface area contributed by atoms with Gasteiger partial charge in [-0.25, -0.2) is 0 Å².